The predicted octanol–water partition coefficient (Wildman–Crippen LogP) is 1.65. The lowest BCUT2D eigenvalue weighted by atomic mass is 10.1. The molecule has 0 bridgehead atoms. The van der Waals surface area contributed by atoms with Gasteiger partial charge in [-0.3, -0.25) is 10.1 Å². The van der Waals surface area contributed by atoms with Crippen LogP contribution in [0, 0.1) is 10.1 Å². The Morgan fingerprint density at radius 1 is 1.44 bits per heavy atom. The summed E-state index contributed by atoms with van der Waals surface area (Å²) in [5, 5.41) is 15.0. The maximum atomic E-state index is 10.9. The fourth-order valence-corrected chi connectivity index (χ4v) is 2.01. The standard InChI is InChI=1S/C12H12N4O2/c13-8-6-10(8)15-9-4-5-14-12-7(9)2-1-3-11(12)16(17)18/h1-5,8,10H,6,13H2,(H,14,15). The van der Waals surface area contributed by atoms with Gasteiger partial charge in [0.25, 0.3) is 5.69 Å². The molecule has 2 unspecified atom stereocenters. The lowest BCUT2D eigenvalue weighted by Crippen LogP contribution is -2.13. The number of pyridine rings is 1. The highest BCUT2D eigenvalue weighted by Gasteiger charge is 2.33. The molecular formula is C12H12N4O2. The molecule has 1 saturated carbocycles. The van der Waals surface area contributed by atoms with Crippen LogP contribution in [0.25, 0.3) is 10.9 Å². The minimum absolute atomic E-state index is 0.0243. The first-order valence-corrected chi connectivity index (χ1v) is 5.71. The van der Waals surface area contributed by atoms with Gasteiger partial charge in [0.05, 0.1) is 4.92 Å². The number of fused-ring (bicyclic) bond motifs is 1. The number of hydrogen-bond acceptors (Lipinski definition) is 5. The molecule has 0 aliphatic heterocycles. The smallest absolute Gasteiger partial charge is 0.295 e. The second kappa shape index (κ2) is 3.92. The molecule has 1 aliphatic rings. The van der Waals surface area contributed by atoms with Crippen LogP contribution in [0.5, 0.6) is 0 Å². The Morgan fingerprint density at radius 2 is 2.22 bits per heavy atom. The zero-order valence-corrected chi connectivity index (χ0v) is 9.54. The molecule has 2 aromatic rings. The number of anilines is 1. The molecule has 3 N–H and O–H groups in total. The van der Waals surface area contributed by atoms with Crippen LogP contribution in [0.2, 0.25) is 0 Å². The molecule has 2 atom stereocenters. The van der Waals surface area contributed by atoms with Crippen molar-refractivity contribution < 1.29 is 4.92 Å². The molecule has 0 spiro atoms. The second-order valence-corrected chi connectivity index (χ2v) is 4.44. The maximum absolute atomic E-state index is 10.9. The van der Waals surface area contributed by atoms with E-state index in [1.54, 1.807) is 12.3 Å². The number of nitrogens with one attached hydrogen (secondary N) is 1. The molecule has 1 aliphatic carbocycles. The summed E-state index contributed by atoms with van der Waals surface area (Å²) in [5.74, 6) is 0. The zero-order chi connectivity index (χ0) is 12.7. The zero-order valence-electron chi connectivity index (χ0n) is 9.54. The van der Waals surface area contributed by atoms with Gasteiger partial charge >= 0.3 is 0 Å². The van der Waals surface area contributed by atoms with Crippen molar-refractivity contribution in [1.82, 2.24) is 4.98 Å². The van der Waals surface area contributed by atoms with Crippen LogP contribution in [0.15, 0.2) is 30.5 Å². The highest BCUT2D eigenvalue weighted by Crippen LogP contribution is 2.31. The van der Waals surface area contributed by atoms with E-state index in [1.165, 1.54) is 6.07 Å². The van der Waals surface area contributed by atoms with Crippen LogP contribution < -0.4 is 11.1 Å². The third kappa shape index (κ3) is 1.76. The Labute approximate surface area is 103 Å². The summed E-state index contributed by atoms with van der Waals surface area (Å²) in [6, 6.07) is 7.20. The largest absolute Gasteiger partial charge is 0.380 e. The number of rotatable bonds is 3. The SMILES string of the molecule is NC1CC1Nc1ccnc2c([N+](=O)[O-])cccc12. The van der Waals surface area contributed by atoms with Crippen molar-refractivity contribution in [2.75, 3.05) is 5.32 Å². The number of nitro benzene ring substituents is 1. The highest BCUT2D eigenvalue weighted by atomic mass is 16.6. The summed E-state index contributed by atoms with van der Waals surface area (Å²) < 4.78 is 0. The van der Waals surface area contributed by atoms with Crippen molar-refractivity contribution in [3.05, 3.63) is 40.6 Å². The van der Waals surface area contributed by atoms with Gasteiger partial charge in [0, 0.05) is 35.4 Å². The molecule has 18 heavy (non-hydrogen) atoms. The Morgan fingerprint density at radius 3 is 2.89 bits per heavy atom. The first kappa shape index (κ1) is 10.9. The van der Waals surface area contributed by atoms with E-state index in [0.717, 1.165) is 17.5 Å². The van der Waals surface area contributed by atoms with E-state index in [4.69, 9.17) is 5.73 Å². The van der Waals surface area contributed by atoms with E-state index in [-0.39, 0.29) is 17.8 Å². The van der Waals surface area contributed by atoms with Gasteiger partial charge in [-0.25, -0.2) is 4.98 Å². The van der Waals surface area contributed by atoms with Crippen LogP contribution in [0.3, 0.4) is 0 Å². The molecule has 6 heteroatoms. The van der Waals surface area contributed by atoms with E-state index in [2.05, 4.69) is 10.3 Å². The summed E-state index contributed by atoms with van der Waals surface area (Å²) in [6.45, 7) is 0. The number of nitrogens with two attached hydrogens (primary N) is 1. The van der Waals surface area contributed by atoms with Crippen molar-refractivity contribution in [3.8, 4) is 0 Å². The Kier molecular flexibility index (Phi) is 2.38. The quantitative estimate of drug-likeness (QED) is 0.632. The van der Waals surface area contributed by atoms with Crippen LogP contribution in [-0.4, -0.2) is 22.0 Å². The van der Waals surface area contributed by atoms with E-state index < -0.39 is 4.92 Å². The van der Waals surface area contributed by atoms with Crippen molar-refractivity contribution >= 4 is 22.3 Å². The molecule has 0 saturated heterocycles. The number of para-hydroxylation sites is 1. The molecule has 92 valence electrons. The summed E-state index contributed by atoms with van der Waals surface area (Å²) in [6.07, 6.45) is 2.50. The summed E-state index contributed by atoms with van der Waals surface area (Å²) in [5.41, 5.74) is 7.03. The van der Waals surface area contributed by atoms with Gasteiger partial charge in [-0.05, 0) is 12.5 Å². The summed E-state index contributed by atoms with van der Waals surface area (Å²) in [7, 11) is 0. The van der Waals surface area contributed by atoms with Gasteiger partial charge < -0.3 is 11.1 Å². The second-order valence-electron chi connectivity index (χ2n) is 4.44. The Balaban J connectivity index is 2.10. The van der Waals surface area contributed by atoms with Gasteiger partial charge in [0.1, 0.15) is 5.52 Å². The summed E-state index contributed by atoms with van der Waals surface area (Å²) >= 11 is 0. The highest BCUT2D eigenvalue weighted by molar-refractivity contribution is 5.96. The molecule has 6 nitrogen and oxygen atoms in total. The van der Waals surface area contributed by atoms with Crippen LogP contribution in [0.4, 0.5) is 11.4 Å². The van der Waals surface area contributed by atoms with E-state index in [0.29, 0.717) is 5.52 Å². The topological polar surface area (TPSA) is 94.1 Å². The molecule has 1 heterocycles. The Hall–Kier alpha value is -2.21. The molecule has 3 rings (SSSR count). The summed E-state index contributed by atoms with van der Waals surface area (Å²) in [4.78, 5) is 14.6. The number of nitro groups is 1. The van der Waals surface area contributed by atoms with Crippen molar-refractivity contribution in [2.45, 2.75) is 18.5 Å². The van der Waals surface area contributed by atoms with Crippen LogP contribution in [-0.2, 0) is 0 Å². The van der Waals surface area contributed by atoms with Crippen molar-refractivity contribution in [3.63, 3.8) is 0 Å². The van der Waals surface area contributed by atoms with Crippen LogP contribution in [0.1, 0.15) is 6.42 Å². The van der Waals surface area contributed by atoms with E-state index in [1.807, 2.05) is 12.1 Å². The maximum Gasteiger partial charge on any atom is 0.295 e. The van der Waals surface area contributed by atoms with Gasteiger partial charge in [0.15, 0.2) is 0 Å². The van der Waals surface area contributed by atoms with E-state index in [9.17, 15) is 10.1 Å². The number of hydrogen-bond donors (Lipinski definition) is 2. The van der Waals surface area contributed by atoms with Gasteiger partial charge in [0.2, 0.25) is 0 Å². The minimum atomic E-state index is -0.415. The molecule has 0 amide bonds. The van der Waals surface area contributed by atoms with E-state index >= 15 is 0 Å². The normalized spacial score (nSPS) is 21.8. The monoisotopic (exact) mass is 244 g/mol. The first-order valence-electron chi connectivity index (χ1n) is 5.71. The van der Waals surface area contributed by atoms with Crippen molar-refractivity contribution in [1.29, 1.82) is 0 Å². The average molecular weight is 244 g/mol. The minimum Gasteiger partial charge on any atom is -0.380 e. The number of aromatic nitrogens is 1. The fourth-order valence-electron chi connectivity index (χ4n) is 2.01. The number of benzene rings is 1. The van der Waals surface area contributed by atoms with Crippen LogP contribution >= 0.6 is 0 Å². The Bertz CT molecular complexity index is 629. The fraction of sp³-hybridized carbons (Fsp3) is 0.250. The molecular weight excluding hydrogens is 232 g/mol. The molecule has 1 aromatic heterocycles. The molecule has 1 aromatic carbocycles. The number of nitrogens with zero attached hydrogens (tertiary/aromatic N) is 2. The number of non-ortho nitro benzene ring substituents is 1. The third-order valence-corrected chi connectivity index (χ3v) is 3.13. The first-order chi connectivity index (χ1) is 8.66. The molecule has 0 radical (unpaired) electrons. The van der Waals surface area contributed by atoms with Gasteiger partial charge in [-0.1, -0.05) is 12.1 Å². The third-order valence-electron chi connectivity index (χ3n) is 3.13. The van der Waals surface area contributed by atoms with Gasteiger partial charge in [-0.2, -0.15) is 0 Å². The molecule has 1 fully saturated rings. The average Bonchev–Trinajstić information content (AvgIpc) is 3.04. The van der Waals surface area contributed by atoms with Gasteiger partial charge in [-0.15, -0.1) is 0 Å². The van der Waals surface area contributed by atoms with Crippen molar-refractivity contribution in [2.24, 2.45) is 5.73 Å². The lowest BCUT2D eigenvalue weighted by molar-refractivity contribution is -0.383. The predicted molar refractivity (Wildman–Crippen MR) is 68.4 cm³/mol. The lowest BCUT2D eigenvalue weighted by Gasteiger charge is -2.08.